The van der Waals surface area contributed by atoms with E-state index in [9.17, 15) is 28.8 Å². The Morgan fingerprint density at radius 2 is 2.00 bits per heavy atom. The fourth-order valence-electron chi connectivity index (χ4n) is 7.76. The first-order valence-electron chi connectivity index (χ1n) is 15.9. The van der Waals surface area contributed by atoms with E-state index in [1.807, 2.05) is 6.92 Å². The lowest BCUT2D eigenvalue weighted by atomic mass is 9.75. The molecular weight excluding hydrogens is 610 g/mol. The SMILES string of the molecule is COC(=O)/C=C/CC[C@H](NC(=O)c1nc(C2(C)CC2)no1)C(=O)Nc1cccn(CC(=O)NC2C3CC4CC2C(C(N)=O)(C4)C3)c1=O. The Morgan fingerprint density at radius 3 is 2.72 bits per heavy atom. The lowest BCUT2D eigenvalue weighted by Crippen LogP contribution is -2.47. The highest BCUT2D eigenvalue weighted by atomic mass is 16.5. The Bertz CT molecular complexity index is 1690. The zero-order chi connectivity index (χ0) is 33.5. The lowest BCUT2D eigenvalue weighted by molar-refractivity contribution is -0.135. The minimum absolute atomic E-state index is 0.000181. The Kier molecular flexibility index (Phi) is 8.49. The van der Waals surface area contributed by atoms with Crippen molar-refractivity contribution in [2.45, 2.75) is 82.3 Å². The first kappa shape index (κ1) is 32.1. The normalized spacial score (nSPS) is 26.9. The summed E-state index contributed by atoms with van der Waals surface area (Å²) in [5.74, 6) is -1.96. The number of primary amides is 1. The van der Waals surface area contributed by atoms with Crippen LogP contribution in [0.25, 0.3) is 0 Å². The van der Waals surface area contributed by atoms with Crippen LogP contribution < -0.4 is 27.2 Å². The van der Waals surface area contributed by atoms with E-state index in [1.165, 1.54) is 42.2 Å². The van der Waals surface area contributed by atoms with Crippen molar-refractivity contribution < 1.29 is 33.2 Å². The number of nitrogens with one attached hydrogen (secondary N) is 3. The predicted octanol–water partition coefficient (Wildman–Crippen LogP) is 0.936. The number of nitrogens with two attached hydrogens (primary N) is 1. The molecule has 0 saturated heterocycles. The third kappa shape index (κ3) is 6.30. The molecule has 4 amide bonds. The van der Waals surface area contributed by atoms with Crippen LogP contribution in [0.15, 0.2) is 39.8 Å². The number of pyridine rings is 1. The monoisotopic (exact) mass is 649 g/mol. The number of rotatable bonds is 13. The molecule has 4 bridgehead atoms. The zero-order valence-electron chi connectivity index (χ0n) is 26.3. The van der Waals surface area contributed by atoms with Crippen molar-refractivity contribution in [3.63, 3.8) is 0 Å². The lowest BCUT2D eigenvalue weighted by Gasteiger charge is -2.32. The molecule has 15 nitrogen and oxygen atoms in total. The van der Waals surface area contributed by atoms with Crippen molar-refractivity contribution >= 4 is 35.3 Å². The number of hydrogen-bond donors (Lipinski definition) is 4. The molecule has 47 heavy (non-hydrogen) atoms. The second-order valence-corrected chi connectivity index (χ2v) is 13.6. The van der Waals surface area contributed by atoms with Gasteiger partial charge in [0.1, 0.15) is 18.3 Å². The molecule has 5 N–H and O–H groups in total. The highest BCUT2D eigenvalue weighted by Crippen LogP contribution is 2.65. The van der Waals surface area contributed by atoms with Gasteiger partial charge >= 0.3 is 17.8 Å². The van der Waals surface area contributed by atoms with E-state index in [0.29, 0.717) is 18.2 Å². The molecular formula is C32H39N7O8. The molecule has 5 fully saturated rings. The first-order chi connectivity index (χ1) is 22.4. The average Bonchev–Trinajstić information content (AvgIpc) is 3.38. The second-order valence-electron chi connectivity index (χ2n) is 13.6. The van der Waals surface area contributed by atoms with Gasteiger partial charge in [-0.15, -0.1) is 0 Å². The summed E-state index contributed by atoms with van der Waals surface area (Å²) >= 11 is 0. The molecule has 15 heteroatoms. The number of aromatic nitrogens is 3. The van der Waals surface area contributed by atoms with Gasteiger partial charge in [-0.3, -0.25) is 24.0 Å². The Hall–Kier alpha value is -4.82. The molecule has 0 aliphatic heterocycles. The highest BCUT2D eigenvalue weighted by molar-refractivity contribution is 5.99. The van der Waals surface area contributed by atoms with Crippen LogP contribution in [0.5, 0.6) is 0 Å². The highest BCUT2D eigenvalue weighted by Gasteiger charge is 2.65. The van der Waals surface area contributed by atoms with Crippen LogP contribution in [0.1, 0.15) is 74.8 Å². The molecule has 5 saturated carbocycles. The smallest absolute Gasteiger partial charge is 0.330 e. The minimum Gasteiger partial charge on any atom is -0.466 e. The van der Waals surface area contributed by atoms with Gasteiger partial charge in [0.05, 0.1) is 12.5 Å². The Labute approximate surface area is 270 Å². The van der Waals surface area contributed by atoms with Crippen LogP contribution in [0, 0.1) is 23.2 Å². The minimum atomic E-state index is -1.15. The second kappa shape index (κ2) is 12.4. The van der Waals surface area contributed by atoms with Crippen LogP contribution in [0.3, 0.4) is 0 Å². The van der Waals surface area contributed by atoms with E-state index in [1.54, 1.807) is 0 Å². The molecule has 5 aliphatic rings. The van der Waals surface area contributed by atoms with E-state index < -0.39 is 34.8 Å². The summed E-state index contributed by atoms with van der Waals surface area (Å²) in [7, 11) is 1.24. The van der Waals surface area contributed by atoms with E-state index in [2.05, 4.69) is 30.8 Å². The van der Waals surface area contributed by atoms with Crippen molar-refractivity contribution in [2.24, 2.45) is 28.9 Å². The van der Waals surface area contributed by atoms with E-state index in [-0.39, 0.29) is 66.1 Å². The molecule has 2 aromatic rings. The van der Waals surface area contributed by atoms with Gasteiger partial charge in [0.25, 0.3) is 5.56 Å². The van der Waals surface area contributed by atoms with Gasteiger partial charge in [-0.1, -0.05) is 18.2 Å². The summed E-state index contributed by atoms with van der Waals surface area (Å²) in [6.07, 6.45) is 9.42. The number of anilines is 1. The van der Waals surface area contributed by atoms with Crippen molar-refractivity contribution in [1.82, 2.24) is 25.3 Å². The van der Waals surface area contributed by atoms with Crippen molar-refractivity contribution in [1.29, 1.82) is 0 Å². The zero-order valence-corrected chi connectivity index (χ0v) is 26.3. The maximum Gasteiger partial charge on any atom is 0.330 e. The molecule has 0 radical (unpaired) electrons. The predicted molar refractivity (Wildman–Crippen MR) is 164 cm³/mol. The van der Waals surface area contributed by atoms with Gasteiger partial charge in [-0.25, -0.2) is 4.79 Å². The topological polar surface area (TPSA) is 218 Å². The van der Waals surface area contributed by atoms with Gasteiger partial charge in [0, 0.05) is 23.7 Å². The van der Waals surface area contributed by atoms with Crippen LogP contribution in [0.2, 0.25) is 0 Å². The molecule has 5 aliphatic carbocycles. The summed E-state index contributed by atoms with van der Waals surface area (Å²) in [6.45, 7) is 1.67. The van der Waals surface area contributed by atoms with E-state index in [4.69, 9.17) is 10.3 Å². The third-order valence-electron chi connectivity index (χ3n) is 10.4. The summed E-state index contributed by atoms with van der Waals surface area (Å²) in [5, 5.41) is 12.1. The summed E-state index contributed by atoms with van der Waals surface area (Å²) in [6, 6.07) is 1.60. The van der Waals surface area contributed by atoms with Gasteiger partial charge < -0.3 is 35.5 Å². The maximum absolute atomic E-state index is 13.4. The molecule has 0 spiro atoms. The number of nitrogens with zero attached hydrogens (tertiary/aromatic N) is 3. The average molecular weight is 650 g/mol. The molecule has 7 rings (SSSR count). The number of carbonyl (C=O) groups is 5. The van der Waals surface area contributed by atoms with Crippen molar-refractivity contribution in [3.8, 4) is 0 Å². The number of ether oxygens (including phenoxy) is 1. The third-order valence-corrected chi connectivity index (χ3v) is 10.4. The number of esters is 1. The van der Waals surface area contributed by atoms with Gasteiger partial charge in [-0.2, -0.15) is 4.98 Å². The molecule has 6 atom stereocenters. The number of allylic oxidation sites excluding steroid dienone is 1. The van der Waals surface area contributed by atoms with Crippen LogP contribution >= 0.6 is 0 Å². The quantitative estimate of drug-likeness (QED) is 0.178. The molecule has 0 aromatic carbocycles. The van der Waals surface area contributed by atoms with E-state index >= 15 is 0 Å². The molecule has 2 heterocycles. The fraction of sp³-hybridized carbons (Fsp3) is 0.562. The number of hydrogen-bond acceptors (Lipinski definition) is 10. The van der Waals surface area contributed by atoms with Crippen LogP contribution in [-0.2, 0) is 35.9 Å². The summed E-state index contributed by atoms with van der Waals surface area (Å²) < 4.78 is 10.9. The number of amides is 4. The summed E-state index contributed by atoms with van der Waals surface area (Å²) in [5.41, 5.74) is 4.30. The van der Waals surface area contributed by atoms with Crippen molar-refractivity contribution in [3.05, 3.63) is 52.6 Å². The van der Waals surface area contributed by atoms with Gasteiger partial charge in [0.2, 0.25) is 17.7 Å². The van der Waals surface area contributed by atoms with Crippen molar-refractivity contribution in [2.75, 3.05) is 12.4 Å². The largest absolute Gasteiger partial charge is 0.466 e. The van der Waals surface area contributed by atoms with Gasteiger partial charge in [0.15, 0.2) is 5.82 Å². The number of carbonyl (C=O) groups excluding carboxylic acids is 5. The molecule has 5 unspecified atom stereocenters. The fourth-order valence-corrected chi connectivity index (χ4v) is 7.76. The first-order valence-corrected chi connectivity index (χ1v) is 15.9. The standard InChI is InChI=1S/C32H39N7O8/c1-31(9-10-31)30-37-27(47-38-30)26(43)34-20(6-3-4-8-23(41)46-2)25(42)35-21-7-5-11-39(28(21)44)16-22(40)36-24-18-12-17-13-19(24)32(14-17,15-18)29(33)45/h4-5,7-8,11,17-20,24H,3,6,9-10,12-16H2,1-2H3,(H2,33,45)(H,34,43)(H,35,42)(H,36,40)/b8-4+/t17?,18?,19?,20-,24?,32?/m0/s1. The van der Waals surface area contributed by atoms with Crippen LogP contribution in [0.4, 0.5) is 5.69 Å². The summed E-state index contributed by atoms with van der Waals surface area (Å²) in [4.78, 5) is 80.9. The van der Waals surface area contributed by atoms with E-state index in [0.717, 1.165) is 32.1 Å². The molecule has 250 valence electrons. The Morgan fingerprint density at radius 1 is 1.21 bits per heavy atom. The van der Waals surface area contributed by atoms with Gasteiger partial charge in [-0.05, 0) is 81.3 Å². The molecule has 2 aromatic heterocycles. The number of methoxy groups -OCH3 is 1. The Balaban J connectivity index is 1.11. The maximum atomic E-state index is 13.4. The van der Waals surface area contributed by atoms with Crippen LogP contribution in [-0.4, -0.2) is 63.5 Å².